The van der Waals surface area contributed by atoms with E-state index >= 15 is 0 Å². The van der Waals surface area contributed by atoms with Crippen molar-refractivity contribution in [2.45, 2.75) is 25.6 Å². The van der Waals surface area contributed by atoms with Gasteiger partial charge in [-0.2, -0.15) is 18.3 Å². The first-order chi connectivity index (χ1) is 12.3. The van der Waals surface area contributed by atoms with E-state index < -0.39 is 23.1 Å². The number of aromatic nitrogens is 2. The number of carbonyl (C=O) groups is 1. The van der Waals surface area contributed by atoms with Crippen LogP contribution in [0.25, 0.3) is 5.69 Å². The molecule has 1 unspecified atom stereocenters. The SMILES string of the molecule is Cc1cc(=O)c(C(=O)NC2CCNC2)nn1-c1cccc(C(F)(F)F)c1.Cl. The van der Waals surface area contributed by atoms with E-state index in [0.717, 1.165) is 25.1 Å². The van der Waals surface area contributed by atoms with Gasteiger partial charge < -0.3 is 10.6 Å². The molecule has 1 atom stereocenters. The summed E-state index contributed by atoms with van der Waals surface area (Å²) in [4.78, 5) is 24.5. The Morgan fingerprint density at radius 1 is 1.33 bits per heavy atom. The van der Waals surface area contributed by atoms with Crippen LogP contribution in [-0.2, 0) is 6.18 Å². The first-order valence-corrected chi connectivity index (χ1v) is 8.06. The summed E-state index contributed by atoms with van der Waals surface area (Å²) in [5.41, 5.74) is -1.31. The van der Waals surface area contributed by atoms with Gasteiger partial charge in [0.25, 0.3) is 5.91 Å². The second-order valence-corrected chi connectivity index (χ2v) is 6.12. The van der Waals surface area contributed by atoms with Gasteiger partial charge in [0.2, 0.25) is 5.43 Å². The minimum atomic E-state index is -4.50. The molecule has 0 saturated carbocycles. The average Bonchev–Trinajstić information content (AvgIpc) is 3.07. The molecule has 6 nitrogen and oxygen atoms in total. The standard InChI is InChI=1S/C17H17F3N4O2.ClH/c1-10-7-14(25)15(16(26)22-12-5-6-21-9-12)23-24(10)13-4-2-3-11(8-13)17(18,19)20;/h2-4,7-8,12,21H,5-6,9H2,1H3,(H,22,26);1H. The Bertz CT molecular complexity index is 892. The second kappa shape index (κ2) is 8.10. The summed E-state index contributed by atoms with van der Waals surface area (Å²) >= 11 is 0. The third kappa shape index (κ3) is 4.67. The minimum absolute atomic E-state index is 0. The fraction of sp³-hybridized carbons (Fsp3) is 0.353. The molecule has 10 heteroatoms. The van der Waals surface area contributed by atoms with Gasteiger partial charge in [-0.05, 0) is 38.1 Å². The highest BCUT2D eigenvalue weighted by atomic mass is 35.5. The van der Waals surface area contributed by atoms with E-state index in [1.54, 1.807) is 0 Å². The van der Waals surface area contributed by atoms with Crippen molar-refractivity contribution in [2.75, 3.05) is 13.1 Å². The second-order valence-electron chi connectivity index (χ2n) is 6.12. The number of halogens is 4. The highest BCUT2D eigenvalue weighted by Gasteiger charge is 2.30. The normalized spacial score (nSPS) is 16.7. The topological polar surface area (TPSA) is 76.0 Å². The fourth-order valence-corrected chi connectivity index (χ4v) is 2.81. The lowest BCUT2D eigenvalue weighted by atomic mass is 10.2. The zero-order valence-electron chi connectivity index (χ0n) is 14.3. The number of hydrogen-bond donors (Lipinski definition) is 2. The summed E-state index contributed by atoms with van der Waals surface area (Å²) in [6.07, 6.45) is -3.77. The number of alkyl halides is 3. The van der Waals surface area contributed by atoms with E-state index in [9.17, 15) is 22.8 Å². The van der Waals surface area contributed by atoms with Gasteiger partial charge in [0.1, 0.15) is 0 Å². The number of amides is 1. The lowest BCUT2D eigenvalue weighted by Crippen LogP contribution is -2.39. The van der Waals surface area contributed by atoms with Crippen LogP contribution in [-0.4, -0.2) is 34.8 Å². The van der Waals surface area contributed by atoms with Crippen molar-refractivity contribution in [3.8, 4) is 5.69 Å². The third-order valence-electron chi connectivity index (χ3n) is 4.14. The monoisotopic (exact) mass is 402 g/mol. The van der Waals surface area contributed by atoms with Crippen LogP contribution in [0.15, 0.2) is 35.1 Å². The molecule has 1 aromatic heterocycles. The first kappa shape index (κ1) is 20.9. The predicted octanol–water partition coefficient (Wildman–Crippen LogP) is 2.07. The number of carbonyl (C=O) groups excluding carboxylic acids is 1. The molecule has 2 heterocycles. The van der Waals surface area contributed by atoms with Crippen molar-refractivity contribution in [3.05, 3.63) is 57.5 Å². The number of hydrogen-bond acceptors (Lipinski definition) is 4. The maximum Gasteiger partial charge on any atom is 0.416 e. The zero-order valence-corrected chi connectivity index (χ0v) is 15.2. The smallest absolute Gasteiger partial charge is 0.346 e. The maximum absolute atomic E-state index is 12.9. The predicted molar refractivity (Wildman–Crippen MR) is 95.6 cm³/mol. The van der Waals surface area contributed by atoms with Crippen LogP contribution in [0.3, 0.4) is 0 Å². The van der Waals surface area contributed by atoms with Crippen molar-refractivity contribution in [2.24, 2.45) is 0 Å². The van der Waals surface area contributed by atoms with Gasteiger partial charge in [-0.15, -0.1) is 12.4 Å². The van der Waals surface area contributed by atoms with E-state index in [0.29, 0.717) is 12.2 Å². The van der Waals surface area contributed by atoms with Crippen LogP contribution in [0, 0.1) is 6.92 Å². The van der Waals surface area contributed by atoms with Crippen LogP contribution in [0.2, 0.25) is 0 Å². The highest BCUT2D eigenvalue weighted by molar-refractivity contribution is 5.92. The van der Waals surface area contributed by atoms with Gasteiger partial charge in [0, 0.05) is 24.3 Å². The Balaban J connectivity index is 0.00000261. The molecule has 146 valence electrons. The van der Waals surface area contributed by atoms with Crippen molar-refractivity contribution in [1.29, 1.82) is 0 Å². The molecule has 2 N–H and O–H groups in total. The van der Waals surface area contributed by atoms with Crippen molar-refractivity contribution in [3.63, 3.8) is 0 Å². The van der Waals surface area contributed by atoms with Crippen molar-refractivity contribution in [1.82, 2.24) is 20.4 Å². The lowest BCUT2D eigenvalue weighted by molar-refractivity contribution is -0.137. The van der Waals surface area contributed by atoms with Crippen LogP contribution >= 0.6 is 12.4 Å². The van der Waals surface area contributed by atoms with Gasteiger partial charge in [-0.25, -0.2) is 4.68 Å². The Hall–Kier alpha value is -2.39. The van der Waals surface area contributed by atoms with Gasteiger partial charge in [0.05, 0.1) is 11.3 Å². The van der Waals surface area contributed by atoms with E-state index in [4.69, 9.17) is 0 Å². The summed E-state index contributed by atoms with van der Waals surface area (Å²) < 4.78 is 40.0. The summed E-state index contributed by atoms with van der Waals surface area (Å²) in [5, 5.41) is 9.81. The van der Waals surface area contributed by atoms with Gasteiger partial charge in [-0.1, -0.05) is 6.07 Å². The molecule has 1 fully saturated rings. The molecule has 0 spiro atoms. The Morgan fingerprint density at radius 2 is 2.07 bits per heavy atom. The fourth-order valence-electron chi connectivity index (χ4n) is 2.81. The molecule has 1 amide bonds. The summed E-state index contributed by atoms with van der Waals surface area (Å²) in [7, 11) is 0. The van der Waals surface area contributed by atoms with Crippen LogP contribution < -0.4 is 16.1 Å². The Morgan fingerprint density at radius 3 is 2.70 bits per heavy atom. The van der Waals surface area contributed by atoms with E-state index in [1.807, 2.05) is 0 Å². The Kier molecular flexibility index (Phi) is 6.27. The zero-order chi connectivity index (χ0) is 18.9. The molecular formula is C17H18ClF3N4O2. The number of nitrogens with one attached hydrogen (secondary N) is 2. The molecule has 1 aliphatic rings. The molecule has 0 aliphatic carbocycles. The van der Waals surface area contributed by atoms with Crippen molar-refractivity contribution >= 4 is 18.3 Å². The Labute approximate surface area is 159 Å². The molecule has 3 rings (SSSR count). The van der Waals surface area contributed by atoms with Gasteiger partial charge in [-0.3, -0.25) is 9.59 Å². The number of rotatable bonds is 3. The molecule has 0 bridgehead atoms. The maximum atomic E-state index is 12.9. The van der Waals surface area contributed by atoms with Gasteiger partial charge in [0.15, 0.2) is 5.69 Å². The molecule has 2 aromatic rings. The quantitative estimate of drug-likeness (QED) is 0.824. The van der Waals surface area contributed by atoms with E-state index in [-0.39, 0.29) is 29.8 Å². The summed E-state index contributed by atoms with van der Waals surface area (Å²) in [6.45, 7) is 2.90. The third-order valence-corrected chi connectivity index (χ3v) is 4.14. The van der Waals surface area contributed by atoms with Crippen LogP contribution in [0.5, 0.6) is 0 Å². The lowest BCUT2D eigenvalue weighted by Gasteiger charge is -2.15. The van der Waals surface area contributed by atoms with E-state index in [1.165, 1.54) is 29.8 Å². The molecule has 1 saturated heterocycles. The number of aryl methyl sites for hydroxylation is 1. The average molecular weight is 403 g/mol. The largest absolute Gasteiger partial charge is 0.416 e. The van der Waals surface area contributed by atoms with Crippen LogP contribution in [0.1, 0.15) is 28.2 Å². The molecule has 0 radical (unpaired) electrons. The minimum Gasteiger partial charge on any atom is -0.346 e. The van der Waals surface area contributed by atoms with Crippen molar-refractivity contribution < 1.29 is 18.0 Å². The summed E-state index contributed by atoms with van der Waals surface area (Å²) in [5.74, 6) is -0.635. The first-order valence-electron chi connectivity index (χ1n) is 8.06. The van der Waals surface area contributed by atoms with Crippen LogP contribution in [0.4, 0.5) is 13.2 Å². The van der Waals surface area contributed by atoms with Gasteiger partial charge >= 0.3 is 6.18 Å². The highest BCUT2D eigenvalue weighted by Crippen LogP contribution is 2.30. The molecule has 27 heavy (non-hydrogen) atoms. The molecule has 1 aliphatic heterocycles. The number of benzene rings is 1. The number of nitrogens with zero attached hydrogens (tertiary/aromatic N) is 2. The molecule has 1 aromatic carbocycles. The summed E-state index contributed by atoms with van der Waals surface area (Å²) in [6, 6.07) is 5.64. The van der Waals surface area contributed by atoms with E-state index in [2.05, 4.69) is 15.7 Å². The molecular weight excluding hydrogens is 385 g/mol.